The highest BCUT2D eigenvalue weighted by molar-refractivity contribution is 6.06. The van der Waals surface area contributed by atoms with E-state index in [0.29, 0.717) is 37.9 Å². The molecule has 0 N–H and O–H groups in total. The van der Waals surface area contributed by atoms with Crippen LogP contribution in [-0.2, 0) is 20.8 Å². The highest BCUT2D eigenvalue weighted by Crippen LogP contribution is 2.37. The van der Waals surface area contributed by atoms with Crippen LogP contribution >= 0.6 is 0 Å². The van der Waals surface area contributed by atoms with E-state index in [0.717, 1.165) is 0 Å². The Morgan fingerprint density at radius 3 is 2.27 bits per heavy atom. The maximum atomic E-state index is 13.6. The summed E-state index contributed by atoms with van der Waals surface area (Å²) in [7, 11) is 0. The minimum Gasteiger partial charge on any atom is -0.338 e. The summed E-state index contributed by atoms with van der Waals surface area (Å²) in [5.41, 5.74) is 0.527. The molecule has 2 atom stereocenters. The molecule has 1 aliphatic carbocycles. The molecular formula is C20H21FN2O3. The number of rotatable bonds is 4. The van der Waals surface area contributed by atoms with Crippen LogP contribution in [0.4, 0.5) is 4.39 Å². The number of nitrogens with zero attached hydrogens (tertiary/aromatic N) is 2. The largest absolute Gasteiger partial charge is 0.338 e. The number of likely N-dealkylation sites (tertiary alicyclic amines) is 2. The fourth-order valence-electron chi connectivity index (χ4n) is 4.11. The van der Waals surface area contributed by atoms with Crippen LogP contribution in [-0.4, -0.2) is 46.7 Å². The lowest BCUT2D eigenvalue weighted by atomic mass is 9.85. The van der Waals surface area contributed by atoms with Crippen molar-refractivity contribution in [2.75, 3.05) is 13.1 Å². The number of allylic oxidation sites excluding steroid dienone is 2. The Balaban J connectivity index is 1.31. The summed E-state index contributed by atoms with van der Waals surface area (Å²) in [4.78, 5) is 40.4. The van der Waals surface area contributed by atoms with Crippen LogP contribution in [0.3, 0.4) is 0 Å². The third kappa shape index (κ3) is 2.83. The number of imide groups is 1. The fraction of sp³-hybridized carbons (Fsp3) is 0.450. The van der Waals surface area contributed by atoms with Gasteiger partial charge in [0.1, 0.15) is 5.82 Å². The average Bonchev–Trinajstić information content (AvgIpc) is 2.85. The number of hydrogen-bond acceptors (Lipinski definition) is 3. The first kappa shape index (κ1) is 16.9. The molecule has 6 heteroatoms. The van der Waals surface area contributed by atoms with Gasteiger partial charge in [0.05, 0.1) is 17.9 Å². The Bertz CT molecular complexity index is 759. The fourth-order valence-corrected chi connectivity index (χ4v) is 4.11. The van der Waals surface area contributed by atoms with E-state index in [9.17, 15) is 18.8 Å². The predicted octanol–water partition coefficient (Wildman–Crippen LogP) is 1.92. The number of carbonyl (C=O) groups excluding carboxylic acids is 3. The van der Waals surface area contributed by atoms with E-state index in [1.165, 1.54) is 11.0 Å². The number of halogens is 1. The Labute approximate surface area is 151 Å². The minimum atomic E-state index is -0.300. The summed E-state index contributed by atoms with van der Waals surface area (Å²) in [6, 6.07) is 6.23. The first-order valence-corrected chi connectivity index (χ1v) is 9.09. The van der Waals surface area contributed by atoms with E-state index in [1.54, 1.807) is 23.1 Å². The molecule has 2 fully saturated rings. The van der Waals surface area contributed by atoms with E-state index in [-0.39, 0.29) is 47.8 Å². The number of hydrogen-bond donors (Lipinski definition) is 0. The Morgan fingerprint density at radius 1 is 1.04 bits per heavy atom. The van der Waals surface area contributed by atoms with Crippen molar-refractivity contribution in [3.8, 4) is 0 Å². The molecule has 2 aliphatic heterocycles. The smallest absolute Gasteiger partial charge is 0.233 e. The molecule has 2 saturated heterocycles. The zero-order chi connectivity index (χ0) is 18.3. The number of fused-ring (bicyclic) bond motifs is 1. The predicted molar refractivity (Wildman–Crippen MR) is 92.3 cm³/mol. The van der Waals surface area contributed by atoms with E-state index in [2.05, 4.69) is 0 Å². The van der Waals surface area contributed by atoms with E-state index < -0.39 is 0 Å². The molecule has 0 aromatic heterocycles. The van der Waals surface area contributed by atoms with Crippen LogP contribution < -0.4 is 0 Å². The molecule has 26 heavy (non-hydrogen) atoms. The van der Waals surface area contributed by atoms with Crippen LogP contribution in [0, 0.1) is 17.7 Å². The lowest BCUT2D eigenvalue weighted by molar-refractivity contribution is -0.152. The van der Waals surface area contributed by atoms with Crippen molar-refractivity contribution in [1.82, 2.24) is 9.80 Å². The van der Waals surface area contributed by atoms with Gasteiger partial charge in [-0.25, -0.2) is 4.39 Å². The van der Waals surface area contributed by atoms with Crippen molar-refractivity contribution >= 4 is 17.7 Å². The highest BCUT2D eigenvalue weighted by Gasteiger charge is 2.52. The van der Waals surface area contributed by atoms with Crippen LogP contribution in [0.15, 0.2) is 36.4 Å². The lowest BCUT2D eigenvalue weighted by Gasteiger charge is -2.43. The summed E-state index contributed by atoms with van der Waals surface area (Å²) < 4.78 is 13.6. The monoisotopic (exact) mass is 356 g/mol. The van der Waals surface area contributed by atoms with Gasteiger partial charge in [-0.1, -0.05) is 30.4 Å². The molecule has 136 valence electrons. The van der Waals surface area contributed by atoms with Crippen LogP contribution in [0.5, 0.6) is 0 Å². The highest BCUT2D eigenvalue weighted by atomic mass is 19.1. The molecule has 3 aliphatic rings. The third-order valence-electron chi connectivity index (χ3n) is 5.69. The van der Waals surface area contributed by atoms with Gasteiger partial charge in [-0.15, -0.1) is 0 Å². The van der Waals surface area contributed by atoms with Gasteiger partial charge in [0.2, 0.25) is 17.7 Å². The summed E-state index contributed by atoms with van der Waals surface area (Å²) in [5, 5.41) is 0. The second-order valence-electron chi connectivity index (χ2n) is 7.25. The summed E-state index contributed by atoms with van der Waals surface area (Å²) in [6.07, 6.45) is 5.77. The quantitative estimate of drug-likeness (QED) is 0.612. The number of amides is 3. The second kappa shape index (κ2) is 6.67. The second-order valence-corrected chi connectivity index (χ2v) is 7.25. The van der Waals surface area contributed by atoms with Crippen molar-refractivity contribution in [3.05, 3.63) is 47.8 Å². The zero-order valence-corrected chi connectivity index (χ0v) is 14.4. The van der Waals surface area contributed by atoms with E-state index >= 15 is 0 Å². The van der Waals surface area contributed by atoms with Crippen molar-refractivity contribution in [2.24, 2.45) is 11.8 Å². The van der Waals surface area contributed by atoms with Gasteiger partial charge in [0.25, 0.3) is 0 Å². The van der Waals surface area contributed by atoms with Gasteiger partial charge in [-0.05, 0) is 30.9 Å². The molecule has 0 saturated carbocycles. The average molecular weight is 356 g/mol. The summed E-state index contributed by atoms with van der Waals surface area (Å²) in [5.74, 6) is -0.994. The Hall–Kier alpha value is -2.50. The molecule has 1 aromatic carbocycles. The number of benzene rings is 1. The molecule has 2 heterocycles. The maximum Gasteiger partial charge on any atom is 0.233 e. The summed E-state index contributed by atoms with van der Waals surface area (Å²) >= 11 is 0. The summed E-state index contributed by atoms with van der Waals surface area (Å²) in [6.45, 7) is 0.779. The van der Waals surface area contributed by atoms with Crippen molar-refractivity contribution in [3.63, 3.8) is 0 Å². The molecular weight excluding hydrogens is 335 g/mol. The maximum absolute atomic E-state index is 13.6. The first-order valence-electron chi connectivity index (χ1n) is 9.09. The Kier molecular flexibility index (Phi) is 4.34. The zero-order valence-electron chi connectivity index (χ0n) is 14.4. The third-order valence-corrected chi connectivity index (χ3v) is 5.69. The SMILES string of the molecule is O=C(CCc1ccccc1F)N1CC(N2C(=O)C3CC=CCC3C2=O)C1. The van der Waals surface area contributed by atoms with Crippen molar-refractivity contribution < 1.29 is 18.8 Å². The van der Waals surface area contributed by atoms with Crippen LogP contribution in [0.1, 0.15) is 24.8 Å². The molecule has 5 nitrogen and oxygen atoms in total. The van der Waals surface area contributed by atoms with Gasteiger partial charge in [0.15, 0.2) is 0 Å². The topological polar surface area (TPSA) is 57.7 Å². The molecule has 2 unspecified atom stereocenters. The molecule has 0 bridgehead atoms. The molecule has 0 radical (unpaired) electrons. The molecule has 1 aromatic rings. The normalized spacial score (nSPS) is 25.4. The molecule has 3 amide bonds. The van der Waals surface area contributed by atoms with Crippen molar-refractivity contribution in [2.45, 2.75) is 31.7 Å². The lowest BCUT2D eigenvalue weighted by Crippen LogP contribution is -2.62. The van der Waals surface area contributed by atoms with Crippen LogP contribution in [0.2, 0.25) is 0 Å². The minimum absolute atomic E-state index is 0.0670. The van der Waals surface area contributed by atoms with Gasteiger partial charge in [0, 0.05) is 19.5 Å². The molecule has 0 spiro atoms. The molecule has 4 rings (SSSR count). The van der Waals surface area contributed by atoms with Gasteiger partial charge in [-0.3, -0.25) is 19.3 Å². The van der Waals surface area contributed by atoms with Gasteiger partial charge < -0.3 is 4.90 Å². The first-order chi connectivity index (χ1) is 12.6. The number of aryl methyl sites for hydroxylation is 1. The van der Waals surface area contributed by atoms with E-state index in [1.807, 2.05) is 12.2 Å². The van der Waals surface area contributed by atoms with Crippen molar-refractivity contribution in [1.29, 1.82) is 0 Å². The van der Waals surface area contributed by atoms with Gasteiger partial charge >= 0.3 is 0 Å². The standard InChI is InChI=1S/C20H21FN2O3/c21-17-8-4-1-5-13(17)9-10-18(24)22-11-14(12-22)23-19(25)15-6-2-3-7-16(15)20(23)26/h1-5,8,14-16H,6-7,9-12H2. The van der Waals surface area contributed by atoms with Gasteiger partial charge in [-0.2, -0.15) is 0 Å². The number of carbonyl (C=O) groups is 3. The Morgan fingerprint density at radius 2 is 1.65 bits per heavy atom. The van der Waals surface area contributed by atoms with E-state index in [4.69, 9.17) is 0 Å². The van der Waals surface area contributed by atoms with Crippen LogP contribution in [0.25, 0.3) is 0 Å².